The van der Waals surface area contributed by atoms with E-state index in [0.717, 1.165) is 11.8 Å². The third kappa shape index (κ3) is 3.10. The number of benzene rings is 1. The molecule has 7 nitrogen and oxygen atoms in total. The first kappa shape index (κ1) is 13.1. The zero-order valence-electron chi connectivity index (χ0n) is 9.88. The van der Waals surface area contributed by atoms with E-state index in [9.17, 15) is 14.7 Å². The molecule has 1 aromatic heterocycles. The van der Waals surface area contributed by atoms with Crippen LogP contribution in [0.4, 0.5) is 5.69 Å². The predicted molar refractivity (Wildman–Crippen MR) is 68.2 cm³/mol. The van der Waals surface area contributed by atoms with Gasteiger partial charge in [-0.15, -0.1) is 5.10 Å². The van der Waals surface area contributed by atoms with Crippen LogP contribution in [-0.4, -0.2) is 32.2 Å². The Hall–Kier alpha value is -2.35. The van der Waals surface area contributed by atoms with Gasteiger partial charge in [-0.3, -0.25) is 9.89 Å². The second kappa shape index (κ2) is 5.53. The van der Waals surface area contributed by atoms with Crippen molar-refractivity contribution in [3.05, 3.63) is 30.1 Å². The van der Waals surface area contributed by atoms with E-state index in [1.165, 1.54) is 19.3 Å². The van der Waals surface area contributed by atoms with Crippen molar-refractivity contribution >= 4 is 29.3 Å². The van der Waals surface area contributed by atoms with Gasteiger partial charge in [0.2, 0.25) is 11.1 Å². The van der Waals surface area contributed by atoms with Gasteiger partial charge in [0.1, 0.15) is 6.33 Å². The van der Waals surface area contributed by atoms with Crippen LogP contribution in [0, 0.1) is 0 Å². The van der Waals surface area contributed by atoms with Crippen molar-refractivity contribution in [1.29, 1.82) is 0 Å². The third-order valence-electron chi connectivity index (χ3n) is 2.14. The maximum absolute atomic E-state index is 11.2. The molecule has 0 bridgehead atoms. The minimum Gasteiger partial charge on any atom is -0.478 e. The summed E-state index contributed by atoms with van der Waals surface area (Å²) in [5, 5.41) is 18.5. The van der Waals surface area contributed by atoms with Gasteiger partial charge in [-0.05, 0) is 23.9 Å². The van der Waals surface area contributed by atoms with Crippen LogP contribution in [0.2, 0.25) is 0 Å². The van der Waals surface area contributed by atoms with Gasteiger partial charge in [0.05, 0.1) is 16.1 Å². The zero-order valence-corrected chi connectivity index (χ0v) is 10.7. The van der Waals surface area contributed by atoms with E-state index >= 15 is 0 Å². The number of rotatable bonds is 4. The highest BCUT2D eigenvalue weighted by Gasteiger charge is 2.17. The van der Waals surface area contributed by atoms with Crippen LogP contribution >= 0.6 is 11.8 Å². The van der Waals surface area contributed by atoms with E-state index in [0.29, 0.717) is 15.7 Å². The molecule has 0 saturated carbocycles. The molecule has 3 N–H and O–H groups in total. The lowest BCUT2D eigenvalue weighted by molar-refractivity contribution is -0.114. The number of nitrogens with one attached hydrogen (secondary N) is 2. The molecule has 0 aliphatic carbocycles. The summed E-state index contributed by atoms with van der Waals surface area (Å²) in [4.78, 5) is 26.7. The number of carbonyl (C=O) groups excluding carboxylic acids is 1. The molecule has 0 saturated heterocycles. The quantitative estimate of drug-likeness (QED) is 0.784. The lowest BCUT2D eigenvalue weighted by Gasteiger charge is -2.10. The van der Waals surface area contributed by atoms with Crippen LogP contribution in [0.15, 0.2) is 34.6 Å². The predicted octanol–water partition coefficient (Wildman–Crippen LogP) is 1.61. The van der Waals surface area contributed by atoms with E-state index in [-0.39, 0.29) is 11.5 Å². The fourth-order valence-electron chi connectivity index (χ4n) is 1.44. The zero-order chi connectivity index (χ0) is 13.8. The Bertz CT molecular complexity index is 612. The minimum atomic E-state index is -1.08. The largest absolute Gasteiger partial charge is 0.478 e. The highest BCUT2D eigenvalue weighted by Crippen LogP contribution is 2.34. The number of aromatic amines is 1. The van der Waals surface area contributed by atoms with Crippen molar-refractivity contribution in [2.45, 2.75) is 17.0 Å². The average Bonchev–Trinajstić information content (AvgIpc) is 2.83. The number of aromatic carboxylic acids is 1. The number of H-pyrrole nitrogens is 1. The minimum absolute atomic E-state index is 0.0843. The summed E-state index contributed by atoms with van der Waals surface area (Å²) in [5.74, 6) is -1.36. The number of anilines is 1. The van der Waals surface area contributed by atoms with Crippen molar-refractivity contribution in [3.63, 3.8) is 0 Å². The molecule has 0 unspecified atom stereocenters. The smallest absolute Gasteiger partial charge is 0.336 e. The molecule has 2 rings (SSSR count). The number of nitrogens with zero attached hydrogens (tertiary/aromatic N) is 2. The molecule has 1 amide bonds. The van der Waals surface area contributed by atoms with E-state index < -0.39 is 5.97 Å². The summed E-state index contributed by atoms with van der Waals surface area (Å²) in [6.45, 7) is 1.36. The number of carboxylic acids is 1. The molecule has 1 heterocycles. The second-order valence-electron chi connectivity index (χ2n) is 3.55. The van der Waals surface area contributed by atoms with Gasteiger partial charge in [-0.2, -0.15) is 0 Å². The molecule has 0 radical (unpaired) electrons. The molecule has 1 aromatic carbocycles. The van der Waals surface area contributed by atoms with Crippen LogP contribution in [-0.2, 0) is 4.79 Å². The Morgan fingerprint density at radius 1 is 1.42 bits per heavy atom. The average molecular weight is 278 g/mol. The van der Waals surface area contributed by atoms with Gasteiger partial charge in [0.25, 0.3) is 0 Å². The molecular weight excluding hydrogens is 268 g/mol. The van der Waals surface area contributed by atoms with Crippen LogP contribution in [0.1, 0.15) is 17.3 Å². The third-order valence-corrected chi connectivity index (χ3v) is 3.17. The lowest BCUT2D eigenvalue weighted by Crippen LogP contribution is -2.09. The summed E-state index contributed by atoms with van der Waals surface area (Å²) >= 11 is 1.07. The number of hydrogen-bond donors (Lipinski definition) is 3. The molecule has 2 aromatic rings. The summed E-state index contributed by atoms with van der Waals surface area (Å²) in [7, 11) is 0. The van der Waals surface area contributed by atoms with E-state index in [1.54, 1.807) is 12.1 Å². The van der Waals surface area contributed by atoms with Crippen LogP contribution < -0.4 is 5.32 Å². The van der Waals surface area contributed by atoms with E-state index in [1.807, 2.05) is 0 Å². The summed E-state index contributed by atoms with van der Waals surface area (Å²) < 4.78 is 0. The highest BCUT2D eigenvalue weighted by atomic mass is 32.2. The van der Waals surface area contributed by atoms with Gasteiger partial charge in [0.15, 0.2) is 0 Å². The van der Waals surface area contributed by atoms with Crippen molar-refractivity contribution < 1.29 is 14.7 Å². The Morgan fingerprint density at radius 2 is 2.21 bits per heavy atom. The Balaban J connectivity index is 2.45. The maximum atomic E-state index is 11.2. The van der Waals surface area contributed by atoms with Crippen molar-refractivity contribution in [1.82, 2.24) is 15.2 Å². The van der Waals surface area contributed by atoms with Crippen LogP contribution in [0.25, 0.3) is 0 Å². The van der Waals surface area contributed by atoms with Crippen molar-refractivity contribution in [2.75, 3.05) is 5.32 Å². The first-order chi connectivity index (χ1) is 9.08. The van der Waals surface area contributed by atoms with Gasteiger partial charge < -0.3 is 10.4 Å². The van der Waals surface area contributed by atoms with Gasteiger partial charge in [-0.25, -0.2) is 9.78 Å². The number of hydrogen-bond acceptors (Lipinski definition) is 5. The van der Waals surface area contributed by atoms with Crippen molar-refractivity contribution in [2.24, 2.45) is 0 Å². The number of carboxylic acid groups (broad SMARTS) is 1. The highest BCUT2D eigenvalue weighted by molar-refractivity contribution is 7.99. The standard InChI is InChI=1S/C11H10N4O3S/c1-6(16)14-8-4-2-3-7(10(17)18)9(8)19-11-12-5-13-15-11/h2-5H,1H3,(H,14,16)(H,17,18)(H,12,13,15). The first-order valence-electron chi connectivity index (χ1n) is 5.25. The lowest BCUT2D eigenvalue weighted by atomic mass is 10.2. The number of carbonyl (C=O) groups is 2. The van der Waals surface area contributed by atoms with Gasteiger partial charge in [0, 0.05) is 6.92 Å². The summed E-state index contributed by atoms with van der Waals surface area (Å²) in [6.07, 6.45) is 1.39. The SMILES string of the molecule is CC(=O)Nc1cccc(C(=O)O)c1Sc1nc[nH]n1. The molecule has 98 valence electrons. The molecular formula is C11H10N4O3S. The molecule has 0 atom stereocenters. The molecule has 19 heavy (non-hydrogen) atoms. The summed E-state index contributed by atoms with van der Waals surface area (Å²) in [5.41, 5.74) is 0.503. The molecule has 0 spiro atoms. The maximum Gasteiger partial charge on any atom is 0.336 e. The van der Waals surface area contributed by atoms with Crippen LogP contribution in [0.5, 0.6) is 0 Å². The molecule has 0 fully saturated rings. The van der Waals surface area contributed by atoms with Gasteiger partial charge in [-0.1, -0.05) is 6.07 Å². The van der Waals surface area contributed by atoms with E-state index in [4.69, 9.17) is 0 Å². The summed E-state index contributed by atoms with van der Waals surface area (Å²) in [6, 6.07) is 4.65. The second-order valence-corrected chi connectivity index (χ2v) is 4.53. The molecule has 0 aliphatic heterocycles. The Labute approximate surface area is 112 Å². The fourth-order valence-corrected chi connectivity index (χ4v) is 2.32. The van der Waals surface area contributed by atoms with Gasteiger partial charge >= 0.3 is 5.97 Å². The number of aromatic nitrogens is 3. The van der Waals surface area contributed by atoms with Crippen LogP contribution in [0.3, 0.4) is 0 Å². The topological polar surface area (TPSA) is 108 Å². The number of amides is 1. The van der Waals surface area contributed by atoms with E-state index in [2.05, 4.69) is 20.5 Å². The Morgan fingerprint density at radius 3 is 2.79 bits per heavy atom. The molecule has 8 heteroatoms. The fraction of sp³-hybridized carbons (Fsp3) is 0.0909. The molecule has 0 aliphatic rings. The first-order valence-corrected chi connectivity index (χ1v) is 6.07. The normalized spacial score (nSPS) is 10.2. The Kier molecular flexibility index (Phi) is 3.81. The van der Waals surface area contributed by atoms with Crippen molar-refractivity contribution in [3.8, 4) is 0 Å². The monoisotopic (exact) mass is 278 g/mol.